The molecule has 0 aliphatic carbocycles. The van der Waals surface area contributed by atoms with Crippen molar-refractivity contribution in [3.63, 3.8) is 0 Å². The van der Waals surface area contributed by atoms with Crippen molar-refractivity contribution in [1.29, 1.82) is 0 Å². The third-order valence-electron chi connectivity index (χ3n) is 5.72. The van der Waals surface area contributed by atoms with E-state index in [9.17, 15) is 4.79 Å². The third-order valence-corrected chi connectivity index (χ3v) is 6.75. The third kappa shape index (κ3) is 4.66. The van der Waals surface area contributed by atoms with E-state index in [-0.39, 0.29) is 11.2 Å². The molecule has 2 aromatic heterocycles. The van der Waals surface area contributed by atoms with E-state index in [1.165, 1.54) is 18.2 Å². The zero-order valence-electron chi connectivity index (χ0n) is 18.5. The van der Waals surface area contributed by atoms with Crippen molar-refractivity contribution in [3.8, 4) is 17.1 Å². The number of likely N-dealkylation sites (tertiary alicyclic amines) is 1. The minimum Gasteiger partial charge on any atom is -0.341 e. The molecule has 0 saturated carbocycles. The van der Waals surface area contributed by atoms with Crippen LogP contribution in [0.15, 0.2) is 53.9 Å². The van der Waals surface area contributed by atoms with E-state index in [1.54, 1.807) is 12.4 Å². The quantitative estimate of drug-likeness (QED) is 0.547. The molecular weight excluding hydrogens is 406 g/mol. The zero-order valence-corrected chi connectivity index (χ0v) is 19.3. The van der Waals surface area contributed by atoms with E-state index < -0.39 is 0 Å². The van der Waals surface area contributed by atoms with Gasteiger partial charge in [-0.15, -0.1) is 10.2 Å². The number of aryl methyl sites for hydroxylation is 1. The maximum atomic E-state index is 13.2. The van der Waals surface area contributed by atoms with Gasteiger partial charge in [-0.25, -0.2) is 0 Å². The summed E-state index contributed by atoms with van der Waals surface area (Å²) in [6.45, 7) is 10.2. The van der Waals surface area contributed by atoms with Crippen molar-refractivity contribution >= 4 is 17.7 Å². The maximum absolute atomic E-state index is 13.2. The topological polar surface area (TPSA) is 63.9 Å². The van der Waals surface area contributed by atoms with Gasteiger partial charge in [-0.05, 0) is 55.9 Å². The highest BCUT2D eigenvalue weighted by Crippen LogP contribution is 2.32. The van der Waals surface area contributed by atoms with Crippen molar-refractivity contribution in [2.75, 3.05) is 13.1 Å². The number of carbonyl (C=O) groups excluding carboxylic acids is 1. The molecule has 6 nitrogen and oxygen atoms in total. The largest absolute Gasteiger partial charge is 0.341 e. The number of aromatic nitrogens is 4. The molecule has 4 rings (SSSR count). The predicted molar refractivity (Wildman–Crippen MR) is 124 cm³/mol. The molecule has 1 saturated heterocycles. The second-order valence-electron chi connectivity index (χ2n) is 8.62. The lowest BCUT2D eigenvalue weighted by Crippen LogP contribution is -2.45. The molecule has 162 valence electrons. The van der Waals surface area contributed by atoms with Crippen LogP contribution in [0.25, 0.3) is 17.1 Å². The summed E-state index contributed by atoms with van der Waals surface area (Å²) in [5.74, 6) is 1.98. The summed E-state index contributed by atoms with van der Waals surface area (Å²) >= 11 is 1.47. The fourth-order valence-corrected chi connectivity index (χ4v) is 5.31. The monoisotopic (exact) mass is 435 g/mol. The molecule has 1 aliphatic rings. The predicted octanol–water partition coefficient (Wildman–Crippen LogP) is 4.62. The first-order chi connectivity index (χ1) is 14.9. The summed E-state index contributed by atoms with van der Waals surface area (Å²) in [7, 11) is 0. The Morgan fingerprint density at radius 2 is 1.84 bits per heavy atom. The molecule has 1 aromatic carbocycles. The Morgan fingerprint density at radius 1 is 1.10 bits per heavy atom. The number of amides is 1. The molecule has 3 aromatic rings. The average molecular weight is 436 g/mol. The van der Waals surface area contributed by atoms with E-state index in [0.717, 1.165) is 35.7 Å². The normalized spacial score (nSPS) is 19.9. The van der Waals surface area contributed by atoms with E-state index in [2.05, 4.69) is 48.1 Å². The van der Waals surface area contributed by atoms with Crippen LogP contribution in [0, 0.1) is 18.8 Å². The van der Waals surface area contributed by atoms with Gasteiger partial charge in [0.15, 0.2) is 11.0 Å². The van der Waals surface area contributed by atoms with Crippen LogP contribution < -0.4 is 0 Å². The van der Waals surface area contributed by atoms with Crippen LogP contribution in [0.2, 0.25) is 0 Å². The highest BCUT2D eigenvalue weighted by molar-refractivity contribution is 8.00. The number of pyridine rings is 1. The van der Waals surface area contributed by atoms with Crippen molar-refractivity contribution in [1.82, 2.24) is 24.6 Å². The second kappa shape index (κ2) is 9.22. The first kappa shape index (κ1) is 21.6. The van der Waals surface area contributed by atoms with Gasteiger partial charge in [0.05, 0.1) is 10.9 Å². The first-order valence-corrected chi connectivity index (χ1v) is 11.7. The molecule has 0 N–H and O–H groups in total. The van der Waals surface area contributed by atoms with Gasteiger partial charge in [0.2, 0.25) is 5.91 Å². The molecule has 1 aliphatic heterocycles. The van der Waals surface area contributed by atoms with Crippen molar-refractivity contribution < 1.29 is 4.79 Å². The van der Waals surface area contributed by atoms with E-state index in [0.29, 0.717) is 17.0 Å². The zero-order chi connectivity index (χ0) is 22.0. The van der Waals surface area contributed by atoms with Gasteiger partial charge >= 0.3 is 0 Å². The van der Waals surface area contributed by atoms with Crippen LogP contribution >= 0.6 is 11.8 Å². The first-order valence-electron chi connectivity index (χ1n) is 10.8. The molecule has 0 spiro atoms. The molecule has 3 atom stereocenters. The van der Waals surface area contributed by atoms with E-state index in [1.807, 2.05) is 40.7 Å². The van der Waals surface area contributed by atoms with Crippen LogP contribution in [-0.2, 0) is 4.79 Å². The number of nitrogens with zero attached hydrogens (tertiary/aromatic N) is 5. The molecule has 3 unspecified atom stereocenters. The Hall–Kier alpha value is -2.67. The number of hydrogen-bond acceptors (Lipinski definition) is 5. The fourth-order valence-electron chi connectivity index (χ4n) is 4.37. The summed E-state index contributed by atoms with van der Waals surface area (Å²) in [5.41, 5.74) is 3.02. The summed E-state index contributed by atoms with van der Waals surface area (Å²) in [6.07, 6.45) is 4.72. The second-order valence-corrected chi connectivity index (χ2v) is 9.93. The number of para-hydroxylation sites is 1. The number of hydrogen-bond donors (Lipinski definition) is 0. The minimum absolute atomic E-state index is 0.172. The molecule has 31 heavy (non-hydrogen) atoms. The Morgan fingerprint density at radius 3 is 2.52 bits per heavy atom. The molecule has 0 radical (unpaired) electrons. The Labute approximate surface area is 188 Å². The fraction of sp³-hybridized carbons (Fsp3) is 0.417. The number of piperidine rings is 1. The Bertz CT molecular complexity index is 1040. The van der Waals surface area contributed by atoms with Gasteiger partial charge in [0.1, 0.15) is 0 Å². The number of rotatable bonds is 5. The van der Waals surface area contributed by atoms with Gasteiger partial charge in [0, 0.05) is 31.0 Å². The van der Waals surface area contributed by atoms with Gasteiger partial charge in [0.25, 0.3) is 0 Å². The summed E-state index contributed by atoms with van der Waals surface area (Å²) < 4.78 is 2.04. The molecule has 0 bridgehead atoms. The summed E-state index contributed by atoms with van der Waals surface area (Å²) in [5, 5.41) is 9.44. The molecule has 1 fully saturated rings. The minimum atomic E-state index is -0.244. The van der Waals surface area contributed by atoms with E-state index in [4.69, 9.17) is 0 Å². The van der Waals surface area contributed by atoms with E-state index >= 15 is 0 Å². The smallest absolute Gasteiger partial charge is 0.235 e. The Balaban J connectivity index is 1.66. The molecule has 3 heterocycles. The number of benzene rings is 1. The van der Waals surface area contributed by atoms with Gasteiger partial charge in [-0.3, -0.25) is 14.3 Å². The molecular formula is C24H29N5OS. The summed E-state index contributed by atoms with van der Waals surface area (Å²) in [6, 6.07) is 12.0. The number of thioether (sulfide) groups is 1. The van der Waals surface area contributed by atoms with Gasteiger partial charge in [-0.2, -0.15) is 0 Å². The average Bonchev–Trinajstić information content (AvgIpc) is 3.16. The lowest BCUT2D eigenvalue weighted by Gasteiger charge is -2.36. The standard InChI is InChI=1S/C24H29N5OS/c1-16-12-17(2)15-28(14-16)23(30)19(4)31-24-27-26-22(20-9-7-11-25-13-20)29(24)21-10-6-5-8-18(21)3/h5-11,13,16-17,19H,12,14-15H2,1-4H3. The van der Waals surface area contributed by atoms with Crippen LogP contribution in [0.5, 0.6) is 0 Å². The van der Waals surface area contributed by atoms with Crippen molar-refractivity contribution in [2.24, 2.45) is 11.8 Å². The van der Waals surface area contributed by atoms with Gasteiger partial charge in [-0.1, -0.05) is 43.8 Å². The number of carbonyl (C=O) groups is 1. The SMILES string of the molecule is Cc1ccccc1-n1c(SC(C)C(=O)N2CC(C)CC(C)C2)nnc1-c1cccnc1. The molecule has 1 amide bonds. The van der Waals surface area contributed by atoms with Crippen LogP contribution in [0.3, 0.4) is 0 Å². The highest BCUT2D eigenvalue weighted by Gasteiger charge is 2.30. The van der Waals surface area contributed by atoms with Crippen LogP contribution in [-0.4, -0.2) is 48.9 Å². The van der Waals surface area contributed by atoms with Gasteiger partial charge < -0.3 is 4.90 Å². The lowest BCUT2D eigenvalue weighted by molar-refractivity contribution is -0.132. The van der Waals surface area contributed by atoms with Crippen molar-refractivity contribution in [3.05, 3.63) is 54.4 Å². The maximum Gasteiger partial charge on any atom is 0.235 e. The van der Waals surface area contributed by atoms with Crippen LogP contribution in [0.1, 0.15) is 32.8 Å². The molecule has 7 heteroatoms. The highest BCUT2D eigenvalue weighted by atomic mass is 32.2. The lowest BCUT2D eigenvalue weighted by atomic mass is 9.92. The summed E-state index contributed by atoms with van der Waals surface area (Å²) in [4.78, 5) is 19.5. The van der Waals surface area contributed by atoms with Crippen LogP contribution in [0.4, 0.5) is 0 Å². The Kier molecular flexibility index (Phi) is 6.41. The van der Waals surface area contributed by atoms with Crippen molar-refractivity contribution in [2.45, 2.75) is 44.5 Å².